The molecule has 0 aliphatic heterocycles. The average molecular weight is 343 g/mol. The number of aldehydes is 1. The van der Waals surface area contributed by atoms with Crippen LogP contribution < -0.4 is 9.47 Å². The molecule has 4 nitrogen and oxygen atoms in total. The second-order valence-electron chi connectivity index (χ2n) is 6.35. The van der Waals surface area contributed by atoms with Gasteiger partial charge in [-0.2, -0.15) is 0 Å². The van der Waals surface area contributed by atoms with Crippen LogP contribution in [-0.2, 0) is 0 Å². The number of benzene rings is 1. The van der Waals surface area contributed by atoms with Gasteiger partial charge in [0.1, 0.15) is 11.4 Å². The first-order valence-corrected chi connectivity index (χ1v) is 8.59. The maximum atomic E-state index is 14.2. The van der Waals surface area contributed by atoms with E-state index in [0.29, 0.717) is 30.0 Å². The Labute approximate surface area is 147 Å². The van der Waals surface area contributed by atoms with Gasteiger partial charge >= 0.3 is 0 Å². The van der Waals surface area contributed by atoms with Gasteiger partial charge < -0.3 is 9.47 Å². The SMILES string of the molecule is COc1cncc(OCC2CCCCC2c2ccccc2F)c1C=O. The number of methoxy groups -OCH3 is 1. The first-order chi connectivity index (χ1) is 12.2. The largest absolute Gasteiger partial charge is 0.494 e. The maximum absolute atomic E-state index is 14.2. The van der Waals surface area contributed by atoms with E-state index in [1.54, 1.807) is 6.07 Å². The van der Waals surface area contributed by atoms with Gasteiger partial charge in [0.25, 0.3) is 0 Å². The summed E-state index contributed by atoms with van der Waals surface area (Å²) in [4.78, 5) is 15.4. The topological polar surface area (TPSA) is 48.4 Å². The summed E-state index contributed by atoms with van der Waals surface area (Å²) in [5.74, 6) is 0.981. The van der Waals surface area contributed by atoms with Crippen LogP contribution in [0, 0.1) is 11.7 Å². The Morgan fingerprint density at radius 3 is 2.72 bits per heavy atom. The van der Waals surface area contributed by atoms with Crippen molar-refractivity contribution in [2.75, 3.05) is 13.7 Å². The summed E-state index contributed by atoms with van der Waals surface area (Å²) in [6.45, 7) is 0.425. The second-order valence-corrected chi connectivity index (χ2v) is 6.35. The summed E-state index contributed by atoms with van der Waals surface area (Å²) in [5.41, 5.74) is 1.12. The second kappa shape index (κ2) is 8.10. The molecule has 2 aromatic rings. The fourth-order valence-corrected chi connectivity index (χ4v) is 3.62. The molecule has 2 unspecified atom stereocenters. The zero-order valence-electron chi connectivity index (χ0n) is 14.3. The molecule has 1 heterocycles. The standard InChI is InChI=1S/C20H22FNO3/c1-24-19-10-22-11-20(17(19)12-23)25-13-14-6-2-3-7-15(14)16-8-4-5-9-18(16)21/h4-5,8-12,14-15H,2-3,6-7,13H2,1H3. The Balaban J connectivity index is 1.77. The van der Waals surface area contributed by atoms with Gasteiger partial charge in [0, 0.05) is 0 Å². The van der Waals surface area contributed by atoms with Crippen LogP contribution >= 0.6 is 0 Å². The van der Waals surface area contributed by atoms with Crippen molar-refractivity contribution in [2.45, 2.75) is 31.6 Å². The predicted molar refractivity (Wildman–Crippen MR) is 92.8 cm³/mol. The number of ether oxygens (including phenoxy) is 2. The molecular formula is C20H22FNO3. The Kier molecular flexibility index (Phi) is 5.64. The number of pyridine rings is 1. The number of carbonyl (C=O) groups excluding carboxylic acids is 1. The quantitative estimate of drug-likeness (QED) is 0.730. The normalized spacial score (nSPS) is 20.1. The highest BCUT2D eigenvalue weighted by atomic mass is 19.1. The van der Waals surface area contributed by atoms with Crippen LogP contribution in [0.4, 0.5) is 4.39 Å². The monoisotopic (exact) mass is 343 g/mol. The zero-order valence-corrected chi connectivity index (χ0v) is 14.3. The molecule has 0 saturated heterocycles. The van der Waals surface area contributed by atoms with Gasteiger partial charge in [-0.1, -0.05) is 31.0 Å². The van der Waals surface area contributed by atoms with Crippen molar-refractivity contribution in [1.29, 1.82) is 0 Å². The van der Waals surface area contributed by atoms with Crippen molar-refractivity contribution in [3.8, 4) is 11.5 Å². The van der Waals surface area contributed by atoms with E-state index in [-0.39, 0.29) is 17.7 Å². The van der Waals surface area contributed by atoms with Gasteiger partial charge in [0.15, 0.2) is 17.8 Å². The van der Waals surface area contributed by atoms with Crippen LogP contribution in [0.2, 0.25) is 0 Å². The highest BCUT2D eigenvalue weighted by Crippen LogP contribution is 2.39. The van der Waals surface area contributed by atoms with E-state index in [1.807, 2.05) is 12.1 Å². The molecule has 1 saturated carbocycles. The summed E-state index contributed by atoms with van der Waals surface area (Å²) in [6.07, 6.45) is 7.85. The van der Waals surface area contributed by atoms with Crippen molar-refractivity contribution in [1.82, 2.24) is 4.98 Å². The summed E-state index contributed by atoms with van der Waals surface area (Å²) in [6, 6.07) is 6.97. The van der Waals surface area contributed by atoms with Gasteiger partial charge in [0.2, 0.25) is 0 Å². The van der Waals surface area contributed by atoms with Crippen LogP contribution in [0.5, 0.6) is 11.5 Å². The summed E-state index contributed by atoms with van der Waals surface area (Å²) >= 11 is 0. The van der Waals surface area contributed by atoms with Crippen LogP contribution in [-0.4, -0.2) is 25.0 Å². The average Bonchev–Trinajstić information content (AvgIpc) is 2.66. The number of rotatable bonds is 6. The Bertz CT molecular complexity index is 735. The molecule has 25 heavy (non-hydrogen) atoms. The molecule has 0 spiro atoms. The Morgan fingerprint density at radius 1 is 1.20 bits per heavy atom. The Morgan fingerprint density at radius 2 is 1.96 bits per heavy atom. The van der Waals surface area contributed by atoms with Crippen molar-refractivity contribution in [3.63, 3.8) is 0 Å². The van der Waals surface area contributed by atoms with Crippen molar-refractivity contribution < 1.29 is 18.7 Å². The van der Waals surface area contributed by atoms with E-state index < -0.39 is 0 Å². The Hall–Kier alpha value is -2.43. The third-order valence-electron chi connectivity index (χ3n) is 4.92. The molecular weight excluding hydrogens is 321 g/mol. The molecule has 3 rings (SSSR count). The van der Waals surface area contributed by atoms with Gasteiger partial charge in [-0.3, -0.25) is 9.78 Å². The van der Waals surface area contributed by atoms with E-state index in [0.717, 1.165) is 31.2 Å². The van der Waals surface area contributed by atoms with Crippen molar-refractivity contribution in [3.05, 3.63) is 53.6 Å². The minimum atomic E-state index is -0.156. The number of nitrogens with zero attached hydrogens (tertiary/aromatic N) is 1. The predicted octanol–water partition coefficient (Wildman–Crippen LogP) is 4.39. The summed E-state index contributed by atoms with van der Waals surface area (Å²) in [7, 11) is 1.49. The van der Waals surface area contributed by atoms with Gasteiger partial charge in [-0.15, -0.1) is 0 Å². The van der Waals surface area contributed by atoms with Crippen LogP contribution in [0.15, 0.2) is 36.7 Å². The molecule has 1 fully saturated rings. The molecule has 2 atom stereocenters. The number of hydrogen-bond donors (Lipinski definition) is 0. The third-order valence-corrected chi connectivity index (χ3v) is 4.92. The lowest BCUT2D eigenvalue weighted by molar-refractivity contribution is 0.111. The van der Waals surface area contributed by atoms with Crippen molar-refractivity contribution in [2.24, 2.45) is 5.92 Å². The van der Waals surface area contributed by atoms with E-state index in [2.05, 4.69) is 4.98 Å². The smallest absolute Gasteiger partial charge is 0.157 e. The number of carbonyl (C=O) groups is 1. The molecule has 0 radical (unpaired) electrons. The number of aromatic nitrogens is 1. The molecule has 5 heteroatoms. The fraction of sp³-hybridized carbons (Fsp3) is 0.400. The molecule has 0 amide bonds. The first-order valence-electron chi connectivity index (χ1n) is 8.59. The molecule has 0 N–H and O–H groups in total. The van der Waals surface area contributed by atoms with E-state index in [9.17, 15) is 9.18 Å². The molecule has 0 bridgehead atoms. The van der Waals surface area contributed by atoms with Gasteiger partial charge in [0.05, 0.1) is 26.1 Å². The molecule has 132 valence electrons. The first kappa shape index (κ1) is 17.4. The third kappa shape index (κ3) is 3.81. The number of hydrogen-bond acceptors (Lipinski definition) is 4. The van der Waals surface area contributed by atoms with E-state index in [1.165, 1.54) is 25.6 Å². The highest BCUT2D eigenvalue weighted by molar-refractivity contribution is 5.83. The molecule has 1 aromatic carbocycles. The van der Waals surface area contributed by atoms with Gasteiger partial charge in [-0.05, 0) is 36.3 Å². The molecule has 1 aliphatic rings. The van der Waals surface area contributed by atoms with Crippen molar-refractivity contribution >= 4 is 6.29 Å². The highest BCUT2D eigenvalue weighted by Gasteiger charge is 2.29. The van der Waals surface area contributed by atoms with Crippen LogP contribution in [0.3, 0.4) is 0 Å². The minimum absolute atomic E-state index is 0.133. The van der Waals surface area contributed by atoms with Crippen LogP contribution in [0.1, 0.15) is 47.5 Å². The van der Waals surface area contributed by atoms with Gasteiger partial charge in [-0.25, -0.2) is 4.39 Å². The van der Waals surface area contributed by atoms with E-state index >= 15 is 0 Å². The summed E-state index contributed by atoms with van der Waals surface area (Å²) in [5, 5.41) is 0. The zero-order chi connectivity index (χ0) is 17.6. The van der Waals surface area contributed by atoms with Crippen LogP contribution in [0.25, 0.3) is 0 Å². The lowest BCUT2D eigenvalue weighted by Crippen LogP contribution is -2.25. The van der Waals surface area contributed by atoms with E-state index in [4.69, 9.17) is 9.47 Å². The minimum Gasteiger partial charge on any atom is -0.494 e. The lowest BCUT2D eigenvalue weighted by Gasteiger charge is -2.32. The fourth-order valence-electron chi connectivity index (χ4n) is 3.62. The maximum Gasteiger partial charge on any atom is 0.157 e. The number of halogens is 1. The lowest BCUT2D eigenvalue weighted by atomic mass is 9.75. The summed E-state index contributed by atoms with van der Waals surface area (Å²) < 4.78 is 25.3. The molecule has 1 aromatic heterocycles. The molecule has 1 aliphatic carbocycles.